The van der Waals surface area contributed by atoms with E-state index in [9.17, 15) is 4.79 Å². The predicted molar refractivity (Wildman–Crippen MR) is 46.4 cm³/mol. The van der Waals surface area contributed by atoms with Gasteiger partial charge in [0, 0.05) is 4.83 Å². The van der Waals surface area contributed by atoms with Gasteiger partial charge in [-0.05, 0) is 25.7 Å². The van der Waals surface area contributed by atoms with Crippen molar-refractivity contribution < 1.29 is 9.53 Å². The lowest BCUT2D eigenvalue weighted by molar-refractivity contribution is -0.144. The summed E-state index contributed by atoms with van der Waals surface area (Å²) in [7, 11) is 0. The Balaban J connectivity index is 2.28. The molecule has 0 aromatic heterocycles. The molecular weight excluding hydrogens is 208 g/mol. The molecule has 1 fully saturated rings. The van der Waals surface area contributed by atoms with Gasteiger partial charge in [0.2, 0.25) is 0 Å². The maximum Gasteiger partial charge on any atom is 0.306 e. The van der Waals surface area contributed by atoms with Crippen molar-refractivity contribution >= 4 is 21.9 Å². The second-order valence-corrected chi connectivity index (χ2v) is 4.17. The minimum absolute atomic E-state index is 0.0955. The Labute approximate surface area is 75.4 Å². The predicted octanol–water partition coefficient (Wildman–Crippen LogP) is 2.07. The molecule has 0 heterocycles. The van der Waals surface area contributed by atoms with Crippen molar-refractivity contribution in [3.63, 3.8) is 0 Å². The van der Waals surface area contributed by atoms with Gasteiger partial charge in [0.05, 0.1) is 6.92 Å². The molecule has 11 heavy (non-hydrogen) atoms. The summed E-state index contributed by atoms with van der Waals surface area (Å²) in [6, 6.07) is 0. The highest BCUT2D eigenvalue weighted by Crippen LogP contribution is 2.26. The summed E-state index contributed by atoms with van der Waals surface area (Å²) in [5.74, 6) is -0.406. The number of ether oxygens (including phenoxy) is 1. The number of hydrogen-bond acceptors (Lipinski definition) is 2. The van der Waals surface area contributed by atoms with Crippen LogP contribution < -0.4 is 0 Å². The summed E-state index contributed by atoms with van der Waals surface area (Å²) < 4.78 is 4.98. The molecule has 0 bridgehead atoms. The lowest BCUT2D eigenvalue weighted by Crippen LogP contribution is -2.24. The third-order valence-electron chi connectivity index (χ3n) is 1.86. The van der Waals surface area contributed by atoms with Crippen LogP contribution >= 0.6 is 15.9 Å². The van der Waals surface area contributed by atoms with Gasteiger partial charge >= 0.3 is 5.97 Å². The number of carbonyl (C=O) groups is 1. The lowest BCUT2D eigenvalue weighted by Gasteiger charge is -2.24. The van der Waals surface area contributed by atoms with Crippen LogP contribution in [0.15, 0.2) is 0 Å². The van der Waals surface area contributed by atoms with Gasteiger partial charge in [0.1, 0.15) is 6.10 Å². The van der Waals surface area contributed by atoms with Crippen LogP contribution in [0.4, 0.5) is 0 Å². The van der Waals surface area contributed by atoms with Crippen LogP contribution in [0.3, 0.4) is 0 Å². The van der Waals surface area contributed by atoms with E-state index in [1.165, 1.54) is 6.42 Å². The quantitative estimate of drug-likeness (QED) is 0.499. The summed E-state index contributed by atoms with van der Waals surface area (Å²) in [5, 5.41) is 0. The highest BCUT2D eigenvalue weighted by molar-refractivity contribution is 9.09. The Bertz CT molecular complexity index is 147. The zero-order valence-electron chi connectivity index (χ0n) is 6.38. The molecule has 0 spiro atoms. The van der Waals surface area contributed by atoms with Crippen LogP contribution in [0.25, 0.3) is 0 Å². The van der Waals surface area contributed by atoms with Crippen LogP contribution in [-0.2, 0) is 9.53 Å². The molecule has 2 nitrogen and oxygen atoms in total. The molecule has 3 heteroatoms. The van der Waals surface area contributed by atoms with E-state index >= 15 is 0 Å². The standard InChI is InChI=1S/C8H12BrO2/c1-6(10)11-8-4-2-3-7(9)5-8/h7-8H,1-5H2. The number of carbonyl (C=O) groups excluding carboxylic acids is 1. The highest BCUT2D eigenvalue weighted by atomic mass is 79.9. The average Bonchev–Trinajstić information content (AvgIpc) is 1.85. The average molecular weight is 220 g/mol. The molecule has 1 radical (unpaired) electrons. The second-order valence-electron chi connectivity index (χ2n) is 2.88. The van der Waals surface area contributed by atoms with E-state index in [0.717, 1.165) is 19.3 Å². The monoisotopic (exact) mass is 219 g/mol. The maximum absolute atomic E-state index is 10.5. The maximum atomic E-state index is 10.5. The van der Waals surface area contributed by atoms with Crippen molar-refractivity contribution in [2.24, 2.45) is 0 Å². The van der Waals surface area contributed by atoms with Gasteiger partial charge < -0.3 is 4.74 Å². The van der Waals surface area contributed by atoms with Gasteiger partial charge in [-0.25, -0.2) is 0 Å². The van der Waals surface area contributed by atoms with Crippen LogP contribution in [0, 0.1) is 6.92 Å². The molecule has 1 rings (SSSR count). The Morgan fingerprint density at radius 1 is 1.55 bits per heavy atom. The van der Waals surface area contributed by atoms with Crippen molar-refractivity contribution in [3.05, 3.63) is 6.92 Å². The minimum atomic E-state index is -0.406. The van der Waals surface area contributed by atoms with Crippen molar-refractivity contribution in [2.45, 2.75) is 36.6 Å². The summed E-state index contributed by atoms with van der Waals surface area (Å²) in [6.45, 7) is 3.18. The topological polar surface area (TPSA) is 26.3 Å². The zero-order chi connectivity index (χ0) is 8.27. The first kappa shape index (κ1) is 9.04. The third kappa shape index (κ3) is 3.23. The molecular formula is C8H12BrO2. The van der Waals surface area contributed by atoms with Crippen molar-refractivity contribution in [1.29, 1.82) is 0 Å². The SMILES string of the molecule is [CH2]C(=O)OC1CCCC(Br)C1. The lowest BCUT2D eigenvalue weighted by atomic mass is 9.98. The van der Waals surface area contributed by atoms with E-state index in [1.54, 1.807) is 0 Å². The molecule has 1 saturated carbocycles. The molecule has 2 atom stereocenters. The zero-order valence-corrected chi connectivity index (χ0v) is 7.97. The van der Waals surface area contributed by atoms with Crippen LogP contribution in [-0.4, -0.2) is 16.9 Å². The number of rotatable bonds is 1. The van der Waals surface area contributed by atoms with E-state index in [4.69, 9.17) is 4.74 Å². The fourth-order valence-electron chi connectivity index (χ4n) is 1.38. The molecule has 1 aliphatic rings. The van der Waals surface area contributed by atoms with E-state index in [0.29, 0.717) is 4.83 Å². The molecule has 0 aromatic rings. The van der Waals surface area contributed by atoms with Crippen molar-refractivity contribution in [1.82, 2.24) is 0 Å². The van der Waals surface area contributed by atoms with Gasteiger partial charge in [-0.15, -0.1) is 0 Å². The summed E-state index contributed by atoms with van der Waals surface area (Å²) in [5.41, 5.74) is 0. The van der Waals surface area contributed by atoms with Gasteiger partial charge in [-0.1, -0.05) is 15.9 Å². The fourth-order valence-corrected chi connectivity index (χ4v) is 2.12. The van der Waals surface area contributed by atoms with Crippen molar-refractivity contribution in [3.8, 4) is 0 Å². The third-order valence-corrected chi connectivity index (χ3v) is 2.69. The largest absolute Gasteiger partial charge is 0.462 e. The first-order valence-electron chi connectivity index (χ1n) is 3.85. The smallest absolute Gasteiger partial charge is 0.306 e. The molecule has 1 aliphatic carbocycles. The van der Waals surface area contributed by atoms with Gasteiger partial charge in [-0.3, -0.25) is 4.79 Å². The summed E-state index contributed by atoms with van der Waals surface area (Å²) in [6.07, 6.45) is 4.34. The molecule has 0 amide bonds. The second kappa shape index (κ2) is 4.10. The van der Waals surface area contributed by atoms with E-state index in [2.05, 4.69) is 22.9 Å². The Hall–Kier alpha value is -0.0500. The van der Waals surface area contributed by atoms with Crippen molar-refractivity contribution in [2.75, 3.05) is 0 Å². The first-order valence-corrected chi connectivity index (χ1v) is 4.76. The molecule has 0 aliphatic heterocycles. The number of esters is 1. The molecule has 2 unspecified atom stereocenters. The van der Waals surface area contributed by atoms with Gasteiger partial charge in [0.15, 0.2) is 0 Å². The van der Waals surface area contributed by atoms with Crippen LogP contribution in [0.5, 0.6) is 0 Å². The van der Waals surface area contributed by atoms with Crippen LogP contribution in [0.1, 0.15) is 25.7 Å². The Morgan fingerprint density at radius 2 is 2.27 bits per heavy atom. The molecule has 0 saturated heterocycles. The van der Waals surface area contributed by atoms with Gasteiger partial charge in [0.25, 0.3) is 0 Å². The minimum Gasteiger partial charge on any atom is -0.462 e. The van der Waals surface area contributed by atoms with E-state index in [-0.39, 0.29) is 6.10 Å². The first-order chi connectivity index (χ1) is 5.18. The summed E-state index contributed by atoms with van der Waals surface area (Å²) in [4.78, 5) is 11.0. The Kier molecular flexibility index (Phi) is 3.37. The molecule has 0 N–H and O–H groups in total. The normalized spacial score (nSPS) is 31.5. The summed E-state index contributed by atoms with van der Waals surface area (Å²) >= 11 is 3.51. The molecule has 0 aromatic carbocycles. The number of halogens is 1. The fraction of sp³-hybridized carbons (Fsp3) is 0.750. The number of alkyl halides is 1. The van der Waals surface area contributed by atoms with Gasteiger partial charge in [-0.2, -0.15) is 0 Å². The van der Waals surface area contributed by atoms with E-state index < -0.39 is 5.97 Å². The van der Waals surface area contributed by atoms with E-state index in [1.807, 2.05) is 0 Å². The van der Waals surface area contributed by atoms with Crippen LogP contribution in [0.2, 0.25) is 0 Å². The molecule has 63 valence electrons. The Morgan fingerprint density at radius 3 is 2.82 bits per heavy atom. The highest BCUT2D eigenvalue weighted by Gasteiger charge is 2.21. The number of hydrogen-bond donors (Lipinski definition) is 0.